The molecule has 0 rings (SSSR count). The number of rotatable bonds is 5. The first-order chi connectivity index (χ1) is 5.97. The molecular formula is C11H20O2. The fourth-order valence-corrected chi connectivity index (χ4v) is 1.15. The topological polar surface area (TPSA) is 37.3 Å². The lowest BCUT2D eigenvalue weighted by molar-refractivity contribution is -0.112. The lowest BCUT2D eigenvalue weighted by Crippen LogP contribution is -2.13. The van der Waals surface area contributed by atoms with Gasteiger partial charge in [0.2, 0.25) is 0 Å². The summed E-state index contributed by atoms with van der Waals surface area (Å²) in [6.45, 7) is 7.50. The zero-order valence-corrected chi connectivity index (χ0v) is 9.00. The van der Waals surface area contributed by atoms with Gasteiger partial charge in [-0.2, -0.15) is 0 Å². The van der Waals surface area contributed by atoms with Gasteiger partial charge in [-0.3, -0.25) is 4.79 Å². The van der Waals surface area contributed by atoms with Crippen LogP contribution >= 0.6 is 0 Å². The van der Waals surface area contributed by atoms with Crippen LogP contribution in [0.3, 0.4) is 0 Å². The first kappa shape index (κ1) is 12.4. The molecule has 0 heterocycles. The summed E-state index contributed by atoms with van der Waals surface area (Å²) in [5.74, 6) is 0.506. The zero-order valence-electron chi connectivity index (χ0n) is 9.00. The molecule has 2 nitrogen and oxygen atoms in total. The summed E-state index contributed by atoms with van der Waals surface area (Å²) < 4.78 is 0. The number of aliphatic hydroxyl groups is 1. The molecule has 0 aliphatic heterocycles. The molecule has 0 spiro atoms. The van der Waals surface area contributed by atoms with Crippen LogP contribution in [0, 0.1) is 5.92 Å². The second-order valence-corrected chi connectivity index (χ2v) is 3.76. The van der Waals surface area contributed by atoms with Gasteiger partial charge in [0.15, 0.2) is 5.78 Å². The molecule has 76 valence electrons. The van der Waals surface area contributed by atoms with Crippen molar-refractivity contribution in [2.45, 2.75) is 46.6 Å². The van der Waals surface area contributed by atoms with Crippen molar-refractivity contribution in [3.8, 4) is 0 Å². The van der Waals surface area contributed by atoms with E-state index in [1.807, 2.05) is 0 Å². The predicted molar refractivity (Wildman–Crippen MR) is 54.5 cm³/mol. The third kappa shape index (κ3) is 5.58. The van der Waals surface area contributed by atoms with Gasteiger partial charge >= 0.3 is 0 Å². The van der Waals surface area contributed by atoms with Crippen LogP contribution in [0.2, 0.25) is 0 Å². The molecule has 0 fully saturated rings. The van der Waals surface area contributed by atoms with E-state index in [0.29, 0.717) is 5.92 Å². The second-order valence-electron chi connectivity index (χ2n) is 3.76. The van der Waals surface area contributed by atoms with Crippen molar-refractivity contribution < 1.29 is 9.90 Å². The Bertz CT molecular complexity index is 194. The summed E-state index contributed by atoms with van der Waals surface area (Å²) in [7, 11) is 0. The van der Waals surface area contributed by atoms with Gasteiger partial charge in [-0.1, -0.05) is 20.3 Å². The molecular weight excluding hydrogens is 164 g/mol. The minimum atomic E-state index is -0.459. The van der Waals surface area contributed by atoms with Crippen LogP contribution in [-0.2, 0) is 4.79 Å². The van der Waals surface area contributed by atoms with Crippen LogP contribution in [0.15, 0.2) is 11.6 Å². The van der Waals surface area contributed by atoms with Crippen LogP contribution in [0.25, 0.3) is 0 Å². The average molecular weight is 184 g/mol. The number of allylic oxidation sites excluding steroid dienone is 1. The van der Waals surface area contributed by atoms with Gasteiger partial charge < -0.3 is 5.11 Å². The maximum Gasteiger partial charge on any atom is 0.152 e. The molecule has 2 atom stereocenters. The van der Waals surface area contributed by atoms with Crippen molar-refractivity contribution in [2.75, 3.05) is 0 Å². The molecule has 0 aromatic rings. The van der Waals surface area contributed by atoms with E-state index >= 15 is 0 Å². The molecule has 0 saturated carbocycles. The van der Waals surface area contributed by atoms with Gasteiger partial charge in [-0.25, -0.2) is 0 Å². The van der Waals surface area contributed by atoms with Crippen LogP contribution in [-0.4, -0.2) is 17.0 Å². The lowest BCUT2D eigenvalue weighted by atomic mass is 9.96. The van der Waals surface area contributed by atoms with Crippen LogP contribution in [0.5, 0.6) is 0 Å². The van der Waals surface area contributed by atoms with Crippen molar-refractivity contribution in [3.63, 3.8) is 0 Å². The van der Waals surface area contributed by atoms with Gasteiger partial charge in [-0.05, 0) is 37.8 Å². The largest absolute Gasteiger partial charge is 0.389 e. The maximum absolute atomic E-state index is 10.7. The van der Waals surface area contributed by atoms with Crippen molar-refractivity contribution in [1.82, 2.24) is 0 Å². The second kappa shape index (κ2) is 5.92. The van der Waals surface area contributed by atoms with E-state index < -0.39 is 6.10 Å². The van der Waals surface area contributed by atoms with Crippen LogP contribution in [0.1, 0.15) is 40.5 Å². The molecule has 0 aromatic carbocycles. The van der Waals surface area contributed by atoms with Gasteiger partial charge in [0, 0.05) is 0 Å². The van der Waals surface area contributed by atoms with E-state index in [1.165, 1.54) is 13.0 Å². The van der Waals surface area contributed by atoms with Crippen LogP contribution < -0.4 is 0 Å². The van der Waals surface area contributed by atoms with Crippen molar-refractivity contribution in [2.24, 2.45) is 5.92 Å². The highest BCUT2D eigenvalue weighted by Gasteiger charge is 2.10. The fourth-order valence-electron chi connectivity index (χ4n) is 1.15. The molecule has 13 heavy (non-hydrogen) atoms. The minimum absolute atomic E-state index is 0.000650. The highest BCUT2D eigenvalue weighted by atomic mass is 16.3. The Balaban J connectivity index is 4.10. The summed E-state index contributed by atoms with van der Waals surface area (Å²) in [6.07, 6.45) is 2.85. The summed E-state index contributed by atoms with van der Waals surface area (Å²) >= 11 is 0. The fraction of sp³-hybridized carbons (Fsp3) is 0.727. The van der Waals surface area contributed by atoms with Crippen molar-refractivity contribution in [1.29, 1.82) is 0 Å². The molecule has 0 amide bonds. The van der Waals surface area contributed by atoms with Crippen molar-refractivity contribution in [3.05, 3.63) is 11.6 Å². The summed E-state index contributed by atoms with van der Waals surface area (Å²) in [5, 5.41) is 9.65. The smallest absolute Gasteiger partial charge is 0.152 e. The molecule has 0 aliphatic rings. The van der Waals surface area contributed by atoms with E-state index in [2.05, 4.69) is 13.8 Å². The third-order valence-corrected chi connectivity index (χ3v) is 2.28. The number of ketones is 1. The van der Waals surface area contributed by atoms with Gasteiger partial charge in [0.25, 0.3) is 0 Å². The summed E-state index contributed by atoms with van der Waals surface area (Å²) in [5.41, 5.74) is 0.771. The number of carbonyl (C=O) groups is 1. The quantitative estimate of drug-likeness (QED) is 0.666. The van der Waals surface area contributed by atoms with Gasteiger partial charge in [0.05, 0.1) is 6.10 Å². The van der Waals surface area contributed by atoms with Crippen molar-refractivity contribution >= 4 is 5.78 Å². The van der Waals surface area contributed by atoms with Crippen LogP contribution in [0.4, 0.5) is 0 Å². The molecule has 0 aromatic heterocycles. The van der Waals surface area contributed by atoms with E-state index in [1.54, 1.807) is 6.92 Å². The molecule has 0 radical (unpaired) electrons. The van der Waals surface area contributed by atoms with E-state index in [-0.39, 0.29) is 5.78 Å². The highest BCUT2D eigenvalue weighted by molar-refractivity contribution is 5.87. The van der Waals surface area contributed by atoms with Gasteiger partial charge in [0.1, 0.15) is 0 Å². The SMILES string of the molecule is CCC(C)CC(O)/C(C)=C/C(C)=O. The van der Waals surface area contributed by atoms with E-state index in [9.17, 15) is 9.90 Å². The standard InChI is InChI=1S/C11H20O2/c1-5-8(2)6-11(13)9(3)7-10(4)12/h7-8,11,13H,5-6H2,1-4H3/b9-7+. The molecule has 1 N–H and O–H groups in total. The number of carbonyl (C=O) groups excluding carboxylic acids is 1. The first-order valence-electron chi connectivity index (χ1n) is 4.84. The average Bonchev–Trinajstić information content (AvgIpc) is 2.02. The van der Waals surface area contributed by atoms with E-state index in [0.717, 1.165) is 18.4 Å². The Morgan fingerprint density at radius 2 is 2.00 bits per heavy atom. The maximum atomic E-state index is 10.7. The molecule has 2 unspecified atom stereocenters. The monoisotopic (exact) mass is 184 g/mol. The van der Waals surface area contributed by atoms with Gasteiger partial charge in [-0.15, -0.1) is 0 Å². The minimum Gasteiger partial charge on any atom is -0.389 e. The Labute approximate surface area is 80.7 Å². The molecule has 0 bridgehead atoms. The summed E-state index contributed by atoms with van der Waals surface area (Å²) in [4.78, 5) is 10.7. The predicted octanol–water partition coefficient (Wildman–Crippen LogP) is 2.32. The molecule has 2 heteroatoms. The Kier molecular flexibility index (Phi) is 5.63. The summed E-state index contributed by atoms with van der Waals surface area (Å²) in [6, 6.07) is 0. The highest BCUT2D eigenvalue weighted by Crippen LogP contribution is 2.15. The number of aliphatic hydroxyl groups excluding tert-OH is 1. The zero-order chi connectivity index (χ0) is 10.4. The molecule has 0 saturated heterocycles. The Morgan fingerprint density at radius 3 is 2.38 bits per heavy atom. The number of hydrogen-bond acceptors (Lipinski definition) is 2. The number of hydrogen-bond donors (Lipinski definition) is 1. The first-order valence-corrected chi connectivity index (χ1v) is 4.84. The van der Waals surface area contributed by atoms with E-state index in [4.69, 9.17) is 0 Å². The Morgan fingerprint density at radius 1 is 1.46 bits per heavy atom. The lowest BCUT2D eigenvalue weighted by Gasteiger charge is -2.15. The third-order valence-electron chi connectivity index (χ3n) is 2.28. The molecule has 0 aliphatic carbocycles. The normalized spacial score (nSPS) is 16.8. The Hall–Kier alpha value is -0.630.